The third kappa shape index (κ3) is 3.73. The van der Waals surface area contributed by atoms with Crippen LogP contribution in [0.5, 0.6) is 0 Å². The van der Waals surface area contributed by atoms with Crippen molar-refractivity contribution in [2.45, 2.75) is 0 Å². The van der Waals surface area contributed by atoms with Gasteiger partial charge in [0, 0.05) is 22.4 Å². The van der Waals surface area contributed by atoms with Crippen molar-refractivity contribution in [3.8, 4) is 0 Å². The van der Waals surface area contributed by atoms with Gasteiger partial charge in [-0.1, -0.05) is 0 Å². The smallest absolute Gasteiger partial charge is 0 e. The average Bonchev–Trinajstić information content (AvgIpc) is 1.88. The summed E-state index contributed by atoms with van der Waals surface area (Å²) in [6, 6.07) is 10.3. The van der Waals surface area contributed by atoms with E-state index in [1.807, 2.05) is 18.2 Å². The maximum Gasteiger partial charge on any atom is 0 e. The summed E-state index contributed by atoms with van der Waals surface area (Å²) in [5.74, 6) is 0. The van der Waals surface area contributed by atoms with Crippen LogP contribution in [0.15, 0.2) is 30.3 Å². The molecule has 1 aromatic carbocycles. The molecule has 0 aliphatic rings. The molecule has 1 aromatic rings. The van der Waals surface area contributed by atoms with Crippen LogP contribution in [0.4, 0.5) is 0 Å². The van der Waals surface area contributed by atoms with Crippen LogP contribution in [0.2, 0.25) is 0 Å². The first-order chi connectivity index (χ1) is 4.61. The summed E-state index contributed by atoms with van der Waals surface area (Å²) in [5, 5.41) is 1.30. The van der Waals surface area contributed by atoms with Crippen molar-refractivity contribution in [3.63, 3.8) is 0 Å². The molecule has 0 amide bonds. The molecule has 0 aromatic heterocycles. The Morgan fingerprint density at radius 3 is 1.82 bits per heavy atom. The molecule has 11 heavy (non-hydrogen) atoms. The van der Waals surface area contributed by atoms with Gasteiger partial charge >= 0.3 is 66.8 Å². The van der Waals surface area contributed by atoms with E-state index in [0.29, 0.717) is 0 Å². The van der Waals surface area contributed by atoms with Gasteiger partial charge in [0.15, 0.2) is 0 Å². The van der Waals surface area contributed by atoms with Crippen molar-refractivity contribution in [2.75, 3.05) is 13.3 Å². The summed E-state index contributed by atoms with van der Waals surface area (Å²) < 4.78 is 0. The minimum absolute atomic E-state index is 0. The fraction of sp³-hybridized carbons (Fsp3) is 0.250. The Bertz CT molecular complexity index is 205. The van der Waals surface area contributed by atoms with Crippen molar-refractivity contribution in [1.82, 2.24) is 0 Å². The first-order valence-corrected chi connectivity index (χ1v) is 7.36. The quantitative estimate of drug-likeness (QED) is 0.526. The number of rotatable bonds is 1. The number of benzene rings is 1. The maximum atomic E-state index is 6.20. The number of halogens is 1. The van der Waals surface area contributed by atoms with Crippen LogP contribution in [0.3, 0.4) is 0 Å². The van der Waals surface area contributed by atoms with Crippen LogP contribution in [0, 0.1) is 0 Å². The minimum atomic E-state index is -1.56. The van der Waals surface area contributed by atoms with E-state index >= 15 is 0 Å². The number of hydrogen-bond donors (Lipinski definition) is 0. The van der Waals surface area contributed by atoms with Crippen LogP contribution in [0.25, 0.3) is 0 Å². The zero-order valence-corrected chi connectivity index (χ0v) is 10.5. The molecule has 0 nitrogen and oxygen atoms in total. The predicted molar refractivity (Wildman–Crippen MR) is 52.1 cm³/mol. The van der Waals surface area contributed by atoms with Crippen LogP contribution < -0.4 is 5.30 Å². The Kier molecular flexibility index (Phi) is 4.93. The van der Waals surface area contributed by atoms with Gasteiger partial charge in [-0.2, -0.15) is 0 Å². The molecule has 0 bridgehead atoms. The Morgan fingerprint density at radius 2 is 1.55 bits per heavy atom. The van der Waals surface area contributed by atoms with Crippen molar-refractivity contribution >= 4 is 23.2 Å². The Hall–Kier alpha value is 0.680. The predicted octanol–water partition coefficient (Wildman–Crippen LogP) is 2.47. The summed E-state index contributed by atoms with van der Waals surface area (Å²) in [5.41, 5.74) is 0. The first kappa shape index (κ1) is 11.7. The van der Waals surface area contributed by atoms with Gasteiger partial charge < -0.3 is 0 Å². The molecule has 1 radical (unpaired) electrons. The van der Waals surface area contributed by atoms with E-state index in [4.69, 9.17) is 11.2 Å². The largest absolute Gasteiger partial charge is 0 e. The second-order valence-electron chi connectivity index (χ2n) is 2.84. The molecule has 0 spiro atoms. The fourth-order valence-corrected chi connectivity index (χ4v) is 2.20. The maximum absolute atomic E-state index is 6.20. The Labute approximate surface area is 89.0 Å². The molecule has 0 fully saturated rings. The molecule has 3 heteroatoms. The second kappa shape index (κ2) is 4.64. The van der Waals surface area contributed by atoms with E-state index in [0.717, 1.165) is 0 Å². The molecular weight excluding hydrogens is 359 g/mol. The zero-order chi connectivity index (χ0) is 7.61. The normalized spacial score (nSPS) is 11.9. The summed E-state index contributed by atoms with van der Waals surface area (Å²) in [6.45, 7) is 2.70. The summed E-state index contributed by atoms with van der Waals surface area (Å²) in [4.78, 5) is 0. The molecule has 0 aliphatic heterocycles. The molecule has 0 atom stereocenters. The Balaban J connectivity index is 0.000001000. The minimum Gasteiger partial charge on any atom is 0 e. The standard InChI is InChI=1S/C8H12ClP.Au/c1-10(2,9)8-6-4-3-5-7-8;/h3-7,10H,1-2H3;. The average molecular weight is 372 g/mol. The summed E-state index contributed by atoms with van der Waals surface area (Å²) in [6.07, 6.45) is 0. The van der Waals surface area contributed by atoms with Crippen LogP contribution in [-0.2, 0) is 22.4 Å². The van der Waals surface area contributed by atoms with Gasteiger partial charge in [0.25, 0.3) is 0 Å². The zero-order valence-electron chi connectivity index (χ0n) is 6.57. The van der Waals surface area contributed by atoms with Crippen LogP contribution >= 0.6 is 17.9 Å². The Morgan fingerprint density at radius 1 is 1.09 bits per heavy atom. The van der Waals surface area contributed by atoms with E-state index in [1.165, 1.54) is 5.30 Å². The molecule has 0 heterocycles. The van der Waals surface area contributed by atoms with Crippen molar-refractivity contribution in [1.29, 1.82) is 0 Å². The fourth-order valence-electron chi connectivity index (χ4n) is 0.834. The van der Waals surface area contributed by atoms with Crippen LogP contribution in [0.1, 0.15) is 0 Å². The first-order valence-electron chi connectivity index (χ1n) is 3.35. The van der Waals surface area contributed by atoms with E-state index in [9.17, 15) is 0 Å². The summed E-state index contributed by atoms with van der Waals surface area (Å²) >= 11 is 6.20. The molecule has 0 N–H and O–H groups in total. The molecule has 1 rings (SSSR count). The van der Waals surface area contributed by atoms with Crippen LogP contribution in [-0.4, -0.2) is 13.3 Å². The van der Waals surface area contributed by atoms with Crippen molar-refractivity contribution in [2.24, 2.45) is 0 Å². The summed E-state index contributed by atoms with van der Waals surface area (Å²) in [7, 11) is 0. The van der Waals surface area contributed by atoms with E-state index in [1.54, 1.807) is 0 Å². The van der Waals surface area contributed by atoms with E-state index < -0.39 is 6.62 Å². The molecule has 0 saturated carbocycles. The molecule has 0 unspecified atom stereocenters. The third-order valence-electron chi connectivity index (χ3n) is 1.46. The van der Waals surface area contributed by atoms with Gasteiger partial charge in [0.1, 0.15) is 0 Å². The molecule has 67 valence electrons. The molecule has 0 aliphatic carbocycles. The third-order valence-corrected chi connectivity index (χ3v) is 3.82. The van der Waals surface area contributed by atoms with Gasteiger partial charge in [-0.05, 0) is 0 Å². The SMILES string of the molecule is C[PH](C)(Cl)c1ccccc1.[Au]. The number of hydrogen-bond acceptors (Lipinski definition) is 0. The van der Waals surface area contributed by atoms with Gasteiger partial charge in [0.05, 0.1) is 0 Å². The second-order valence-corrected chi connectivity index (χ2v) is 9.20. The van der Waals surface area contributed by atoms with Crippen molar-refractivity contribution in [3.05, 3.63) is 30.3 Å². The van der Waals surface area contributed by atoms with E-state index in [2.05, 4.69) is 25.5 Å². The van der Waals surface area contributed by atoms with Gasteiger partial charge in [-0.25, -0.2) is 0 Å². The monoisotopic (exact) mass is 371 g/mol. The molecule has 0 saturated heterocycles. The van der Waals surface area contributed by atoms with Gasteiger partial charge in [0.2, 0.25) is 0 Å². The van der Waals surface area contributed by atoms with Gasteiger partial charge in [-0.3, -0.25) is 0 Å². The van der Waals surface area contributed by atoms with Crippen molar-refractivity contribution < 1.29 is 22.4 Å². The van der Waals surface area contributed by atoms with E-state index in [-0.39, 0.29) is 22.4 Å². The molecular formula is C8H12AuClP. The van der Waals surface area contributed by atoms with Gasteiger partial charge in [-0.15, -0.1) is 0 Å². The topological polar surface area (TPSA) is 0 Å².